The van der Waals surface area contributed by atoms with Gasteiger partial charge in [0.05, 0.1) is 8.80 Å². The lowest BCUT2D eigenvalue weighted by molar-refractivity contribution is 0.706. The summed E-state index contributed by atoms with van der Waals surface area (Å²) in [6, 6.07) is 1.45. The van der Waals surface area contributed by atoms with Crippen molar-refractivity contribution in [3.8, 4) is 0 Å². The molecule has 0 amide bonds. The van der Waals surface area contributed by atoms with Crippen LogP contribution in [0.4, 0.5) is 0 Å². The maximum Gasteiger partial charge on any atom is 0.0667 e. The fourth-order valence-electron chi connectivity index (χ4n) is 2.01. The molecule has 1 N–H and O–H groups in total. The van der Waals surface area contributed by atoms with Gasteiger partial charge in [-0.15, -0.1) is 0 Å². The number of hydrogen-bond acceptors (Lipinski definition) is 1. The van der Waals surface area contributed by atoms with Gasteiger partial charge in [-0.05, 0) is 38.0 Å². The van der Waals surface area contributed by atoms with E-state index in [0.717, 1.165) is 0 Å². The Bertz CT molecular complexity index is 225. The van der Waals surface area contributed by atoms with Crippen molar-refractivity contribution in [2.75, 3.05) is 12.7 Å². The minimum atomic E-state index is -0.738. The Kier molecular flexibility index (Phi) is 8.34. The van der Waals surface area contributed by atoms with Gasteiger partial charge in [0.1, 0.15) is 0 Å². The van der Waals surface area contributed by atoms with E-state index in [1.165, 1.54) is 30.8 Å². The number of hydrogen-bond donors (Lipinski definition) is 1. The van der Waals surface area contributed by atoms with Crippen LogP contribution in [0.25, 0.3) is 0 Å². The van der Waals surface area contributed by atoms with E-state index >= 15 is 0 Å². The van der Waals surface area contributed by atoms with E-state index in [1.807, 2.05) is 0 Å². The SMILES string of the molecule is CC(C)=C[SiH](CCCNC[SiH](C)C)C(C)(C)C. The van der Waals surface area contributed by atoms with Crippen LogP contribution in [-0.4, -0.2) is 30.3 Å². The first kappa shape index (κ1) is 17.1. The smallest absolute Gasteiger partial charge is 0.0667 e. The standard InChI is InChI=1S/C14H33NSi2/c1-13(2)11-17(14(3,4)5)10-8-9-15-12-16(6)7/h11,15-17H,8-10,12H2,1-7H3. The van der Waals surface area contributed by atoms with Crippen LogP contribution in [0.15, 0.2) is 11.3 Å². The Morgan fingerprint density at radius 1 is 1.18 bits per heavy atom. The fourth-order valence-corrected chi connectivity index (χ4v) is 5.77. The third-order valence-electron chi connectivity index (χ3n) is 3.07. The van der Waals surface area contributed by atoms with Crippen molar-refractivity contribution in [3.63, 3.8) is 0 Å². The lowest BCUT2D eigenvalue weighted by Gasteiger charge is -2.27. The van der Waals surface area contributed by atoms with E-state index < -0.39 is 17.6 Å². The summed E-state index contributed by atoms with van der Waals surface area (Å²) in [6.45, 7) is 17.8. The average Bonchev–Trinajstić information content (AvgIpc) is 2.12. The van der Waals surface area contributed by atoms with Gasteiger partial charge in [0.2, 0.25) is 0 Å². The van der Waals surface area contributed by atoms with Crippen LogP contribution in [0.2, 0.25) is 24.2 Å². The van der Waals surface area contributed by atoms with E-state index in [1.54, 1.807) is 0 Å². The summed E-state index contributed by atoms with van der Waals surface area (Å²) in [5.41, 5.74) is 4.11. The molecule has 0 radical (unpaired) electrons. The molecule has 3 heteroatoms. The Labute approximate surface area is 112 Å². The molecule has 1 atom stereocenters. The van der Waals surface area contributed by atoms with Crippen LogP contribution in [-0.2, 0) is 0 Å². The minimum absolute atomic E-state index is 0.406. The van der Waals surface area contributed by atoms with Crippen molar-refractivity contribution in [2.24, 2.45) is 0 Å². The number of nitrogens with one attached hydrogen (secondary N) is 1. The van der Waals surface area contributed by atoms with Gasteiger partial charge in [0.15, 0.2) is 0 Å². The molecule has 1 nitrogen and oxygen atoms in total. The molecule has 0 aromatic heterocycles. The molecule has 0 spiro atoms. The zero-order valence-electron chi connectivity index (χ0n) is 13.1. The molecule has 0 rings (SSSR count). The quantitative estimate of drug-likeness (QED) is 0.552. The van der Waals surface area contributed by atoms with E-state index in [9.17, 15) is 0 Å². The summed E-state index contributed by atoms with van der Waals surface area (Å²) in [6.07, 6.45) is 2.66. The van der Waals surface area contributed by atoms with Crippen molar-refractivity contribution in [1.29, 1.82) is 0 Å². The number of rotatable bonds is 7. The second kappa shape index (κ2) is 8.27. The highest BCUT2D eigenvalue weighted by atomic mass is 28.3. The predicted octanol–water partition coefficient (Wildman–Crippen LogP) is 3.52. The summed E-state index contributed by atoms with van der Waals surface area (Å²) in [4.78, 5) is 0. The van der Waals surface area contributed by atoms with Gasteiger partial charge in [-0.3, -0.25) is 0 Å². The topological polar surface area (TPSA) is 12.0 Å². The van der Waals surface area contributed by atoms with E-state index in [4.69, 9.17) is 0 Å². The molecule has 0 saturated heterocycles. The Hall–Kier alpha value is 0.134. The summed E-state index contributed by atoms with van der Waals surface area (Å²) in [5.74, 6) is 0. The molecule has 0 aliphatic heterocycles. The molecule has 0 aliphatic rings. The minimum Gasteiger partial charge on any atom is -0.320 e. The molecule has 0 bridgehead atoms. The first-order valence-corrected chi connectivity index (χ1v) is 12.3. The number of allylic oxidation sites excluding steroid dienone is 1. The molecule has 1 unspecified atom stereocenters. The molecule has 0 aliphatic carbocycles. The Morgan fingerprint density at radius 2 is 1.76 bits per heavy atom. The van der Waals surface area contributed by atoms with E-state index in [2.05, 4.69) is 58.7 Å². The lowest BCUT2D eigenvalue weighted by atomic mass is 10.2. The van der Waals surface area contributed by atoms with Gasteiger partial charge in [-0.2, -0.15) is 0 Å². The third kappa shape index (κ3) is 9.80. The highest BCUT2D eigenvalue weighted by Crippen LogP contribution is 2.31. The van der Waals surface area contributed by atoms with Gasteiger partial charge in [-0.1, -0.05) is 51.2 Å². The van der Waals surface area contributed by atoms with Crippen LogP contribution < -0.4 is 5.32 Å². The van der Waals surface area contributed by atoms with Gasteiger partial charge < -0.3 is 5.32 Å². The van der Waals surface area contributed by atoms with Crippen LogP contribution >= 0.6 is 0 Å². The van der Waals surface area contributed by atoms with Crippen LogP contribution in [0, 0.1) is 0 Å². The predicted molar refractivity (Wildman–Crippen MR) is 87.5 cm³/mol. The van der Waals surface area contributed by atoms with E-state index in [-0.39, 0.29) is 0 Å². The van der Waals surface area contributed by atoms with Gasteiger partial charge in [0, 0.05) is 8.80 Å². The highest BCUT2D eigenvalue weighted by Gasteiger charge is 2.23. The summed E-state index contributed by atoms with van der Waals surface area (Å²) < 4.78 is 0. The molecule has 0 heterocycles. The summed E-state index contributed by atoms with van der Waals surface area (Å²) in [5, 5.41) is 4.14. The molecule has 0 fully saturated rings. The fraction of sp³-hybridized carbons (Fsp3) is 0.857. The van der Waals surface area contributed by atoms with Crippen molar-refractivity contribution < 1.29 is 0 Å². The molecular formula is C14H33NSi2. The molecule has 0 saturated carbocycles. The van der Waals surface area contributed by atoms with Crippen LogP contribution in [0.5, 0.6) is 0 Å². The van der Waals surface area contributed by atoms with Gasteiger partial charge in [0.25, 0.3) is 0 Å². The van der Waals surface area contributed by atoms with Crippen LogP contribution in [0.3, 0.4) is 0 Å². The monoisotopic (exact) mass is 271 g/mol. The molecule has 102 valence electrons. The first-order chi connectivity index (χ1) is 7.73. The second-order valence-corrected chi connectivity index (χ2v) is 14.0. The van der Waals surface area contributed by atoms with Crippen molar-refractivity contribution in [2.45, 2.75) is 65.2 Å². The maximum atomic E-state index is 3.61. The van der Waals surface area contributed by atoms with Crippen LogP contribution in [0.1, 0.15) is 41.0 Å². The zero-order valence-corrected chi connectivity index (χ0v) is 15.4. The Morgan fingerprint density at radius 3 is 2.18 bits per heavy atom. The molecule has 0 aromatic carbocycles. The molecule has 17 heavy (non-hydrogen) atoms. The van der Waals surface area contributed by atoms with Gasteiger partial charge in [-0.25, -0.2) is 0 Å². The highest BCUT2D eigenvalue weighted by molar-refractivity contribution is 6.67. The third-order valence-corrected chi connectivity index (χ3v) is 8.50. The average molecular weight is 272 g/mol. The lowest BCUT2D eigenvalue weighted by Crippen LogP contribution is -2.29. The maximum absolute atomic E-state index is 3.61. The van der Waals surface area contributed by atoms with Crippen molar-refractivity contribution >= 4 is 17.6 Å². The van der Waals surface area contributed by atoms with Crippen molar-refractivity contribution in [1.82, 2.24) is 5.32 Å². The first-order valence-electron chi connectivity index (χ1n) is 7.09. The summed E-state index contributed by atoms with van der Waals surface area (Å²) in [7, 11) is -1.14. The molecule has 0 aromatic rings. The Balaban J connectivity index is 3.99. The van der Waals surface area contributed by atoms with Crippen molar-refractivity contribution in [3.05, 3.63) is 11.3 Å². The molecular weight excluding hydrogens is 238 g/mol. The normalized spacial score (nSPS) is 13.9. The zero-order chi connectivity index (χ0) is 13.5. The summed E-state index contributed by atoms with van der Waals surface area (Å²) >= 11 is 0. The second-order valence-electron chi connectivity index (χ2n) is 6.96. The van der Waals surface area contributed by atoms with E-state index in [0.29, 0.717) is 5.04 Å². The largest absolute Gasteiger partial charge is 0.320 e. The van der Waals surface area contributed by atoms with Gasteiger partial charge >= 0.3 is 0 Å².